The van der Waals surface area contributed by atoms with Crippen LogP contribution >= 0.6 is 0 Å². The zero-order valence-electron chi connectivity index (χ0n) is 15.6. The van der Waals surface area contributed by atoms with E-state index in [-0.39, 0.29) is 88.5 Å². The Morgan fingerprint density at radius 2 is 2.08 bits per heavy atom. The minimum atomic E-state index is -0.456. The van der Waals surface area contributed by atoms with E-state index in [1.165, 1.54) is 13.2 Å². The normalized spacial score (nSPS) is 18.3. The number of methoxy groups -OCH3 is 1. The third-order valence-electron chi connectivity index (χ3n) is 4.11. The van der Waals surface area contributed by atoms with E-state index in [9.17, 15) is 9.18 Å². The second-order valence-corrected chi connectivity index (χ2v) is 5.97. The summed E-state index contributed by atoms with van der Waals surface area (Å²) in [5.41, 5.74) is 1.00. The summed E-state index contributed by atoms with van der Waals surface area (Å²) in [5, 5.41) is 0. The Labute approximate surface area is 186 Å². The molecular formula is C18H26FKO4. The summed E-state index contributed by atoms with van der Waals surface area (Å²) in [6.07, 6.45) is 0.827. The van der Waals surface area contributed by atoms with Crippen LogP contribution < -0.4 is 56.1 Å². The van der Waals surface area contributed by atoms with Gasteiger partial charge in [-0.3, -0.25) is 4.79 Å². The minimum absolute atomic E-state index is 0. The van der Waals surface area contributed by atoms with Gasteiger partial charge in [-0.15, -0.1) is 0 Å². The summed E-state index contributed by atoms with van der Waals surface area (Å²) in [7, 11) is 1.40. The molecule has 1 atom stereocenters. The summed E-state index contributed by atoms with van der Waals surface area (Å²) in [4.78, 5) is 11.7. The van der Waals surface area contributed by atoms with Crippen molar-refractivity contribution >= 4 is 5.97 Å². The van der Waals surface area contributed by atoms with Crippen LogP contribution in [-0.4, -0.2) is 31.9 Å². The Kier molecular flexibility index (Phi) is 10.2. The van der Waals surface area contributed by atoms with E-state index in [0.717, 1.165) is 12.0 Å². The first-order valence-electron chi connectivity index (χ1n) is 7.55. The molecule has 0 N–H and O–H groups in total. The van der Waals surface area contributed by atoms with Crippen LogP contribution in [0.15, 0.2) is 12.1 Å². The molecule has 4 nitrogen and oxygen atoms in total. The maximum Gasteiger partial charge on any atom is 1.00 e. The largest absolute Gasteiger partial charge is 1.00 e. The molecule has 0 aromatic heterocycles. The molecule has 0 aliphatic carbocycles. The molecule has 0 bridgehead atoms. The monoisotopic (exact) mass is 364 g/mol. The van der Waals surface area contributed by atoms with E-state index in [2.05, 4.69) is 0 Å². The Bertz CT molecular complexity index is 560. The van der Waals surface area contributed by atoms with E-state index in [0.29, 0.717) is 18.8 Å². The van der Waals surface area contributed by atoms with E-state index >= 15 is 0 Å². The fourth-order valence-electron chi connectivity index (χ4n) is 3.06. The Hall–Kier alpha value is 0.0164. The molecule has 1 aliphatic rings. The zero-order valence-corrected chi connectivity index (χ0v) is 18.7. The van der Waals surface area contributed by atoms with Crippen molar-refractivity contribution in [1.29, 1.82) is 0 Å². The number of ether oxygens (including phenoxy) is 3. The number of rotatable bonds is 5. The quantitative estimate of drug-likeness (QED) is 0.438. The molecule has 0 amide bonds. The van der Waals surface area contributed by atoms with Gasteiger partial charge in [-0.1, -0.05) is 6.07 Å². The summed E-state index contributed by atoms with van der Waals surface area (Å²) < 4.78 is 30.1. The number of hydrogen-bond donors (Lipinski definition) is 0. The van der Waals surface area contributed by atoms with Gasteiger partial charge in [0.1, 0.15) is 0 Å². The number of hydrogen-bond acceptors (Lipinski definition) is 4. The van der Waals surface area contributed by atoms with Crippen molar-refractivity contribution in [1.82, 2.24) is 0 Å². The standard InChI is InChI=1S/C17H23FO4.CH3.K/c1-5-21-15(19)10-12-8-11(9-14(18)16(12)20-4)13-6-7-22-17(13,2)3;;/h8-9,13H,5-7,10H2,1-4H3;1H3;/q;-1;+1. The fraction of sp³-hybridized carbons (Fsp3) is 0.556. The predicted molar refractivity (Wildman–Crippen MR) is 87.1 cm³/mol. The Morgan fingerprint density at radius 1 is 1.42 bits per heavy atom. The van der Waals surface area contributed by atoms with Crippen molar-refractivity contribution in [3.8, 4) is 5.75 Å². The summed E-state index contributed by atoms with van der Waals surface area (Å²) in [6, 6.07) is 3.31. The van der Waals surface area contributed by atoms with Gasteiger partial charge in [-0.2, -0.15) is 0 Å². The topological polar surface area (TPSA) is 44.8 Å². The van der Waals surface area contributed by atoms with E-state index in [1.54, 1.807) is 6.92 Å². The maximum absolute atomic E-state index is 14.3. The van der Waals surface area contributed by atoms with E-state index < -0.39 is 5.82 Å². The molecule has 1 aromatic carbocycles. The van der Waals surface area contributed by atoms with Gasteiger partial charge in [0, 0.05) is 18.1 Å². The minimum Gasteiger partial charge on any atom is -0.493 e. The first-order valence-corrected chi connectivity index (χ1v) is 7.55. The fourth-order valence-corrected chi connectivity index (χ4v) is 3.06. The third-order valence-corrected chi connectivity index (χ3v) is 4.11. The van der Waals surface area contributed by atoms with Crippen molar-refractivity contribution in [2.24, 2.45) is 0 Å². The molecule has 0 radical (unpaired) electrons. The van der Waals surface area contributed by atoms with E-state index in [1.807, 2.05) is 19.9 Å². The van der Waals surface area contributed by atoms with Gasteiger partial charge >= 0.3 is 57.4 Å². The third kappa shape index (κ3) is 5.51. The van der Waals surface area contributed by atoms with Crippen molar-refractivity contribution < 1.29 is 74.8 Å². The number of carbonyl (C=O) groups excluding carboxylic acids is 1. The smallest absolute Gasteiger partial charge is 0.493 e. The van der Waals surface area contributed by atoms with Crippen LogP contribution in [0.4, 0.5) is 4.39 Å². The second kappa shape index (κ2) is 10.2. The predicted octanol–water partition coefficient (Wildman–Crippen LogP) is 0.677. The molecule has 1 aromatic rings. The van der Waals surface area contributed by atoms with Gasteiger partial charge in [0.25, 0.3) is 0 Å². The van der Waals surface area contributed by atoms with Gasteiger partial charge < -0.3 is 21.6 Å². The summed E-state index contributed by atoms with van der Waals surface area (Å²) in [5.74, 6) is -0.649. The Morgan fingerprint density at radius 3 is 2.58 bits per heavy atom. The average molecular weight is 364 g/mol. The van der Waals surface area contributed by atoms with Gasteiger partial charge in [-0.25, -0.2) is 4.39 Å². The molecule has 0 saturated carbocycles. The average Bonchev–Trinajstić information content (AvgIpc) is 2.78. The summed E-state index contributed by atoms with van der Waals surface area (Å²) in [6.45, 7) is 6.69. The Balaban J connectivity index is 0.00000264. The van der Waals surface area contributed by atoms with Crippen LogP contribution in [0, 0.1) is 13.2 Å². The second-order valence-electron chi connectivity index (χ2n) is 5.97. The molecule has 1 unspecified atom stereocenters. The molecule has 1 fully saturated rings. The van der Waals surface area contributed by atoms with Gasteiger partial charge in [-0.05, 0) is 38.8 Å². The molecular weight excluding hydrogens is 338 g/mol. The molecule has 24 heavy (non-hydrogen) atoms. The molecule has 2 rings (SSSR count). The number of halogens is 1. The molecule has 0 spiro atoms. The molecule has 1 heterocycles. The van der Waals surface area contributed by atoms with Crippen molar-refractivity contribution in [3.63, 3.8) is 0 Å². The summed E-state index contributed by atoms with van der Waals surface area (Å²) >= 11 is 0. The molecule has 1 aliphatic heterocycles. The van der Waals surface area contributed by atoms with Gasteiger partial charge in [0.15, 0.2) is 11.6 Å². The van der Waals surface area contributed by atoms with Crippen molar-refractivity contribution in [3.05, 3.63) is 36.5 Å². The first kappa shape index (κ1) is 24.0. The van der Waals surface area contributed by atoms with Crippen LogP contribution in [0.2, 0.25) is 0 Å². The van der Waals surface area contributed by atoms with Gasteiger partial charge in [0.05, 0.1) is 25.7 Å². The number of benzene rings is 1. The molecule has 6 heteroatoms. The number of carbonyl (C=O) groups is 1. The van der Waals surface area contributed by atoms with Crippen molar-refractivity contribution in [2.45, 2.75) is 45.1 Å². The van der Waals surface area contributed by atoms with Crippen molar-refractivity contribution in [2.75, 3.05) is 20.3 Å². The van der Waals surface area contributed by atoms with Crippen LogP contribution in [-0.2, 0) is 20.7 Å². The van der Waals surface area contributed by atoms with Crippen LogP contribution in [0.3, 0.4) is 0 Å². The SMILES string of the molecule is CCOC(=O)Cc1cc(C2CCOC2(C)C)cc(F)c1OC.[CH3-].[K+]. The maximum atomic E-state index is 14.3. The van der Waals surface area contributed by atoms with Crippen LogP contribution in [0.1, 0.15) is 44.2 Å². The molecule has 130 valence electrons. The van der Waals surface area contributed by atoms with Crippen LogP contribution in [0.5, 0.6) is 5.75 Å². The van der Waals surface area contributed by atoms with Gasteiger partial charge in [0.2, 0.25) is 0 Å². The molecule has 1 saturated heterocycles. The number of esters is 1. The van der Waals surface area contributed by atoms with E-state index in [4.69, 9.17) is 14.2 Å². The first-order chi connectivity index (χ1) is 10.4. The van der Waals surface area contributed by atoms with Crippen LogP contribution in [0.25, 0.3) is 0 Å². The zero-order chi connectivity index (χ0) is 16.3.